The lowest BCUT2D eigenvalue weighted by Gasteiger charge is -2.09. The van der Waals surface area contributed by atoms with Crippen LogP contribution in [0.25, 0.3) is 0 Å². The van der Waals surface area contributed by atoms with Crippen LogP contribution < -0.4 is 14.8 Å². The number of carbonyl (C=O) groups is 2. The van der Waals surface area contributed by atoms with Crippen LogP contribution in [0.2, 0.25) is 0 Å². The minimum Gasteiger partial charge on any atom is -0.493 e. The van der Waals surface area contributed by atoms with E-state index >= 15 is 0 Å². The molecule has 0 spiro atoms. The number of carboxylic acid groups (broad SMARTS) is 1. The van der Waals surface area contributed by atoms with E-state index < -0.39 is 5.97 Å². The highest BCUT2D eigenvalue weighted by molar-refractivity contribution is 5.95. The van der Waals surface area contributed by atoms with Crippen LogP contribution in [0.5, 0.6) is 11.5 Å². The van der Waals surface area contributed by atoms with Gasteiger partial charge in [0.05, 0.1) is 20.8 Å². The number of furan rings is 1. The fourth-order valence-electron chi connectivity index (χ4n) is 2.09. The number of hydrogen-bond donors (Lipinski definition) is 2. The summed E-state index contributed by atoms with van der Waals surface area (Å²) < 4.78 is 15.6. The lowest BCUT2D eigenvalue weighted by atomic mass is 10.2. The number of amides is 1. The van der Waals surface area contributed by atoms with E-state index in [2.05, 4.69) is 5.32 Å². The van der Waals surface area contributed by atoms with E-state index in [0.717, 1.165) is 0 Å². The van der Waals surface area contributed by atoms with E-state index in [9.17, 15) is 9.59 Å². The Balaban J connectivity index is 2.08. The van der Waals surface area contributed by atoms with Crippen LogP contribution in [0.4, 0.5) is 0 Å². The smallest absolute Gasteiger partial charge is 0.339 e. The van der Waals surface area contributed by atoms with E-state index in [1.165, 1.54) is 20.3 Å². The maximum atomic E-state index is 12.1. The van der Waals surface area contributed by atoms with Crippen LogP contribution >= 0.6 is 0 Å². The number of carboxylic acids is 1. The lowest BCUT2D eigenvalue weighted by Crippen LogP contribution is -2.22. The number of carbonyl (C=O) groups excluding carboxylic acids is 1. The molecule has 0 unspecified atom stereocenters. The van der Waals surface area contributed by atoms with Gasteiger partial charge in [0.2, 0.25) is 0 Å². The normalized spacial score (nSPS) is 10.2. The Labute approximate surface area is 132 Å². The van der Waals surface area contributed by atoms with Crippen molar-refractivity contribution in [2.75, 3.05) is 14.2 Å². The van der Waals surface area contributed by atoms with Crippen LogP contribution in [0.3, 0.4) is 0 Å². The summed E-state index contributed by atoms with van der Waals surface area (Å²) in [6.07, 6.45) is 0. The molecule has 0 aliphatic rings. The second kappa shape index (κ2) is 6.87. The maximum Gasteiger partial charge on any atom is 0.339 e. The van der Waals surface area contributed by atoms with Crippen LogP contribution in [0.1, 0.15) is 32.2 Å². The molecule has 0 bridgehead atoms. The Bertz CT molecular complexity index is 734. The van der Waals surface area contributed by atoms with Gasteiger partial charge in [-0.25, -0.2) is 4.79 Å². The van der Waals surface area contributed by atoms with Gasteiger partial charge in [-0.3, -0.25) is 4.79 Å². The summed E-state index contributed by atoms with van der Waals surface area (Å²) in [7, 11) is 3.00. The molecular formula is C16H17NO6. The number of benzene rings is 1. The summed E-state index contributed by atoms with van der Waals surface area (Å²) in [5.41, 5.74) is 0.477. The minimum atomic E-state index is -1.07. The molecule has 0 aliphatic carbocycles. The number of hydrogen-bond acceptors (Lipinski definition) is 5. The Morgan fingerprint density at radius 2 is 1.87 bits per heavy atom. The molecule has 122 valence electrons. The topological polar surface area (TPSA) is 98.0 Å². The first-order chi connectivity index (χ1) is 11.0. The molecule has 0 aliphatic heterocycles. The number of rotatable bonds is 6. The molecule has 1 amide bonds. The molecule has 0 radical (unpaired) electrons. The summed E-state index contributed by atoms with van der Waals surface area (Å²) in [5.74, 6) is 0.237. The van der Waals surface area contributed by atoms with E-state index in [0.29, 0.717) is 28.6 Å². The number of aromatic carboxylic acids is 1. The summed E-state index contributed by atoms with van der Waals surface area (Å²) in [5, 5.41) is 11.6. The molecule has 23 heavy (non-hydrogen) atoms. The molecule has 0 atom stereocenters. The van der Waals surface area contributed by atoms with Crippen LogP contribution in [-0.4, -0.2) is 31.2 Å². The molecule has 2 rings (SSSR count). The van der Waals surface area contributed by atoms with Crippen LogP contribution in [0, 0.1) is 6.92 Å². The van der Waals surface area contributed by atoms with Crippen molar-refractivity contribution in [3.8, 4) is 11.5 Å². The number of nitrogens with one attached hydrogen (secondary N) is 1. The molecule has 7 heteroatoms. The molecule has 7 nitrogen and oxygen atoms in total. The summed E-state index contributed by atoms with van der Waals surface area (Å²) >= 11 is 0. The predicted molar refractivity (Wildman–Crippen MR) is 81.1 cm³/mol. The predicted octanol–water partition coefficient (Wildman–Crippen LogP) is 2.23. The SMILES string of the molecule is COc1ccc(C(=O)NCc2cc(C(=O)O)c(C)o2)cc1OC. The second-order valence-corrected chi connectivity index (χ2v) is 4.74. The first kappa shape index (κ1) is 16.4. The van der Waals surface area contributed by atoms with Crippen molar-refractivity contribution in [3.05, 3.63) is 46.9 Å². The third-order valence-electron chi connectivity index (χ3n) is 3.27. The van der Waals surface area contributed by atoms with E-state index in [1.807, 2.05) is 0 Å². The minimum absolute atomic E-state index is 0.0837. The van der Waals surface area contributed by atoms with Gasteiger partial charge < -0.3 is 24.3 Å². The Kier molecular flexibility index (Phi) is 4.90. The van der Waals surface area contributed by atoms with Gasteiger partial charge in [0, 0.05) is 5.56 Å². The zero-order chi connectivity index (χ0) is 17.0. The highest BCUT2D eigenvalue weighted by Crippen LogP contribution is 2.27. The monoisotopic (exact) mass is 319 g/mol. The van der Waals surface area contributed by atoms with Crippen molar-refractivity contribution in [2.24, 2.45) is 0 Å². The van der Waals surface area contributed by atoms with E-state index in [-0.39, 0.29) is 18.0 Å². The molecule has 0 saturated heterocycles. The largest absolute Gasteiger partial charge is 0.493 e. The highest BCUT2D eigenvalue weighted by Gasteiger charge is 2.15. The van der Waals surface area contributed by atoms with Crippen molar-refractivity contribution >= 4 is 11.9 Å². The summed E-state index contributed by atoms with van der Waals surface area (Å²) in [4.78, 5) is 23.1. The van der Waals surface area contributed by atoms with Crippen molar-refractivity contribution in [3.63, 3.8) is 0 Å². The standard InChI is InChI=1S/C16H17NO6/c1-9-12(16(19)20)7-11(23-9)8-17-15(18)10-4-5-13(21-2)14(6-10)22-3/h4-7H,8H2,1-3H3,(H,17,18)(H,19,20). The van der Waals surface area contributed by atoms with Crippen molar-refractivity contribution in [1.82, 2.24) is 5.32 Å². The van der Waals surface area contributed by atoms with Gasteiger partial charge in [-0.2, -0.15) is 0 Å². The van der Waals surface area contributed by atoms with Gasteiger partial charge in [0.25, 0.3) is 5.91 Å². The van der Waals surface area contributed by atoms with Crippen molar-refractivity contribution in [1.29, 1.82) is 0 Å². The molecule has 1 aromatic carbocycles. The maximum absolute atomic E-state index is 12.1. The third kappa shape index (κ3) is 3.63. The average Bonchev–Trinajstić information content (AvgIpc) is 2.93. The average molecular weight is 319 g/mol. The van der Waals surface area contributed by atoms with Crippen molar-refractivity contribution < 1.29 is 28.6 Å². The first-order valence-electron chi connectivity index (χ1n) is 6.79. The molecule has 2 aromatic rings. The summed E-state index contributed by atoms with van der Waals surface area (Å²) in [6.45, 7) is 1.64. The Morgan fingerprint density at radius 3 is 2.43 bits per heavy atom. The number of aryl methyl sites for hydroxylation is 1. The Hall–Kier alpha value is -2.96. The molecular weight excluding hydrogens is 302 g/mol. The summed E-state index contributed by atoms with van der Waals surface area (Å²) in [6, 6.07) is 6.19. The second-order valence-electron chi connectivity index (χ2n) is 4.74. The first-order valence-corrected chi connectivity index (χ1v) is 6.79. The fourth-order valence-corrected chi connectivity index (χ4v) is 2.09. The van der Waals surface area contributed by atoms with Gasteiger partial charge in [-0.05, 0) is 31.2 Å². The Morgan fingerprint density at radius 1 is 1.17 bits per heavy atom. The van der Waals surface area contributed by atoms with E-state index in [4.69, 9.17) is 19.0 Å². The van der Waals surface area contributed by atoms with Gasteiger partial charge in [-0.15, -0.1) is 0 Å². The zero-order valence-corrected chi connectivity index (χ0v) is 13.0. The van der Waals surface area contributed by atoms with Gasteiger partial charge >= 0.3 is 5.97 Å². The third-order valence-corrected chi connectivity index (χ3v) is 3.27. The highest BCUT2D eigenvalue weighted by atomic mass is 16.5. The number of ether oxygens (including phenoxy) is 2. The van der Waals surface area contributed by atoms with Crippen LogP contribution in [-0.2, 0) is 6.54 Å². The lowest BCUT2D eigenvalue weighted by molar-refractivity contribution is 0.0694. The van der Waals surface area contributed by atoms with Gasteiger partial charge in [-0.1, -0.05) is 0 Å². The number of methoxy groups -OCH3 is 2. The molecule has 2 N–H and O–H groups in total. The van der Waals surface area contributed by atoms with E-state index in [1.54, 1.807) is 25.1 Å². The zero-order valence-electron chi connectivity index (χ0n) is 13.0. The van der Waals surface area contributed by atoms with Gasteiger partial charge in [0.1, 0.15) is 17.1 Å². The fraction of sp³-hybridized carbons (Fsp3) is 0.250. The van der Waals surface area contributed by atoms with Crippen molar-refractivity contribution in [2.45, 2.75) is 13.5 Å². The van der Waals surface area contributed by atoms with Crippen LogP contribution in [0.15, 0.2) is 28.7 Å². The molecule has 0 fully saturated rings. The quantitative estimate of drug-likeness (QED) is 0.847. The molecule has 1 heterocycles. The van der Waals surface area contributed by atoms with Gasteiger partial charge in [0.15, 0.2) is 11.5 Å². The molecule has 0 saturated carbocycles. The molecule has 1 aromatic heterocycles.